The number of benzene rings is 2. The summed E-state index contributed by atoms with van der Waals surface area (Å²) in [6.45, 7) is 5.56. The van der Waals surface area contributed by atoms with Crippen molar-refractivity contribution in [3.05, 3.63) is 69.0 Å². The van der Waals surface area contributed by atoms with E-state index in [1.165, 1.54) is 19.3 Å². The van der Waals surface area contributed by atoms with E-state index in [1.807, 2.05) is 26.8 Å². The van der Waals surface area contributed by atoms with Gasteiger partial charge >= 0.3 is 5.97 Å². The average molecular weight is 377 g/mol. The summed E-state index contributed by atoms with van der Waals surface area (Å²) in [6.07, 6.45) is 3.25. The third-order valence-electron chi connectivity index (χ3n) is 4.24. The van der Waals surface area contributed by atoms with Gasteiger partial charge in [0.05, 0.1) is 7.11 Å². The Hall–Kier alpha value is -2.33. The second-order valence-electron chi connectivity index (χ2n) is 6.46. The van der Waals surface area contributed by atoms with Gasteiger partial charge in [-0.05, 0) is 53.3 Å². The fraction of sp³-hybridized carbons (Fsp3) is 0.286. The highest BCUT2D eigenvalue weighted by Gasteiger charge is 2.17. The molecule has 0 spiro atoms. The Labute approximate surface area is 158 Å². The van der Waals surface area contributed by atoms with Crippen LogP contribution in [-0.4, -0.2) is 18.2 Å². The summed E-state index contributed by atoms with van der Waals surface area (Å²) in [5.74, 6) is -1.01. The molecule has 0 unspecified atom stereocenters. The van der Waals surface area contributed by atoms with Crippen LogP contribution in [0.15, 0.2) is 30.3 Å². The second-order valence-corrected chi connectivity index (χ2v) is 6.86. The van der Waals surface area contributed by atoms with E-state index in [0.717, 1.165) is 16.7 Å². The first kappa shape index (κ1) is 20.0. The Kier molecular flexibility index (Phi) is 6.43. The van der Waals surface area contributed by atoms with Crippen LogP contribution in [0.2, 0.25) is 5.02 Å². The minimum atomic E-state index is -0.449. The molecule has 138 valence electrons. The van der Waals surface area contributed by atoms with Gasteiger partial charge in [-0.25, -0.2) is 9.18 Å². The van der Waals surface area contributed by atoms with Crippen LogP contribution in [0.5, 0.6) is 5.75 Å². The molecule has 0 atom stereocenters. The van der Waals surface area contributed by atoms with Crippen molar-refractivity contribution >= 4 is 23.6 Å². The normalized spacial score (nSPS) is 11.3. The molecule has 0 aliphatic rings. The van der Waals surface area contributed by atoms with E-state index in [0.29, 0.717) is 22.6 Å². The van der Waals surface area contributed by atoms with Crippen LogP contribution in [0.4, 0.5) is 4.39 Å². The number of phenols is 1. The zero-order valence-electron chi connectivity index (χ0n) is 15.3. The lowest BCUT2D eigenvalue weighted by Crippen LogP contribution is -2.02. The Morgan fingerprint density at radius 1 is 1.35 bits per heavy atom. The van der Waals surface area contributed by atoms with Crippen LogP contribution >= 0.6 is 11.6 Å². The van der Waals surface area contributed by atoms with Crippen molar-refractivity contribution < 1.29 is 19.0 Å². The van der Waals surface area contributed by atoms with Gasteiger partial charge in [-0.3, -0.25) is 0 Å². The lowest BCUT2D eigenvalue weighted by atomic mass is 9.93. The van der Waals surface area contributed by atoms with Crippen molar-refractivity contribution in [3.63, 3.8) is 0 Å². The van der Waals surface area contributed by atoms with E-state index in [-0.39, 0.29) is 11.7 Å². The van der Waals surface area contributed by atoms with Crippen LogP contribution in [0.1, 0.15) is 47.6 Å². The van der Waals surface area contributed by atoms with E-state index >= 15 is 0 Å². The van der Waals surface area contributed by atoms with Crippen LogP contribution in [-0.2, 0) is 16.0 Å². The number of hydrogen-bond acceptors (Lipinski definition) is 3. The maximum atomic E-state index is 14.8. The summed E-state index contributed by atoms with van der Waals surface area (Å²) in [5.41, 5.74) is 3.25. The van der Waals surface area contributed by atoms with Gasteiger partial charge in [0.1, 0.15) is 11.6 Å². The molecule has 2 aromatic carbocycles. The monoisotopic (exact) mass is 376 g/mol. The van der Waals surface area contributed by atoms with Crippen molar-refractivity contribution in [1.82, 2.24) is 0 Å². The van der Waals surface area contributed by atoms with Gasteiger partial charge in [0, 0.05) is 23.1 Å². The lowest BCUT2D eigenvalue weighted by Gasteiger charge is -2.15. The highest BCUT2D eigenvalue weighted by atomic mass is 35.5. The number of carbonyl (C=O) groups is 1. The number of ether oxygens (including phenoxy) is 1. The maximum Gasteiger partial charge on any atom is 0.330 e. The molecule has 3 nitrogen and oxygen atoms in total. The molecule has 2 aromatic rings. The topological polar surface area (TPSA) is 46.5 Å². The summed E-state index contributed by atoms with van der Waals surface area (Å²) >= 11 is 6.40. The summed E-state index contributed by atoms with van der Waals surface area (Å²) in [6, 6.07) is 6.70. The molecular formula is C21H22ClFO3. The molecule has 0 bridgehead atoms. The summed E-state index contributed by atoms with van der Waals surface area (Å²) in [5, 5.41) is 10.4. The van der Waals surface area contributed by atoms with Gasteiger partial charge in [0.2, 0.25) is 0 Å². The smallest absolute Gasteiger partial charge is 0.330 e. The van der Waals surface area contributed by atoms with Crippen molar-refractivity contribution in [1.29, 1.82) is 0 Å². The molecule has 0 aliphatic heterocycles. The predicted octanol–water partition coefficient (Wildman–Crippen LogP) is 5.39. The van der Waals surface area contributed by atoms with Crippen molar-refractivity contribution in [2.24, 2.45) is 0 Å². The SMILES string of the molecule is COC(=O)/C=C/c1cc(C)c(Cc2ccc(O)c(C(C)C)c2F)c(Cl)c1. The number of phenolic OH excluding ortho intramolecular Hbond substituents is 1. The molecule has 1 N–H and O–H groups in total. The lowest BCUT2D eigenvalue weighted by molar-refractivity contribution is -0.134. The fourth-order valence-electron chi connectivity index (χ4n) is 2.86. The second kappa shape index (κ2) is 8.37. The number of halogens is 2. The molecule has 0 aromatic heterocycles. The number of methoxy groups -OCH3 is 1. The molecule has 0 aliphatic carbocycles. The molecule has 0 saturated heterocycles. The fourth-order valence-corrected chi connectivity index (χ4v) is 3.20. The van der Waals surface area contributed by atoms with Crippen molar-refractivity contribution in [2.75, 3.05) is 7.11 Å². The average Bonchev–Trinajstić information content (AvgIpc) is 2.57. The molecule has 0 radical (unpaired) electrons. The van der Waals surface area contributed by atoms with Gasteiger partial charge in [0.15, 0.2) is 0 Å². The van der Waals surface area contributed by atoms with Gasteiger partial charge in [0.25, 0.3) is 0 Å². The van der Waals surface area contributed by atoms with Crippen LogP contribution in [0, 0.1) is 12.7 Å². The maximum absolute atomic E-state index is 14.8. The third kappa shape index (κ3) is 4.44. The Bertz CT molecular complexity index is 834. The molecule has 2 rings (SSSR count). The number of hydrogen-bond donors (Lipinski definition) is 1. The van der Waals surface area contributed by atoms with Crippen LogP contribution in [0.25, 0.3) is 6.08 Å². The minimum absolute atomic E-state index is 0.0348. The Balaban J connectivity index is 2.38. The van der Waals surface area contributed by atoms with Gasteiger partial charge < -0.3 is 9.84 Å². The zero-order valence-corrected chi connectivity index (χ0v) is 16.0. The summed E-state index contributed by atoms with van der Waals surface area (Å²) in [7, 11) is 1.31. The first-order valence-corrected chi connectivity index (χ1v) is 8.67. The minimum Gasteiger partial charge on any atom is -0.508 e. The zero-order chi connectivity index (χ0) is 19.4. The largest absolute Gasteiger partial charge is 0.508 e. The molecule has 0 saturated carbocycles. The molecule has 0 heterocycles. The van der Waals surface area contributed by atoms with Crippen LogP contribution in [0.3, 0.4) is 0 Å². The van der Waals surface area contributed by atoms with Crippen LogP contribution < -0.4 is 0 Å². The van der Waals surface area contributed by atoms with E-state index in [2.05, 4.69) is 4.74 Å². The predicted molar refractivity (Wildman–Crippen MR) is 102 cm³/mol. The number of aryl methyl sites for hydroxylation is 1. The van der Waals surface area contributed by atoms with Gasteiger partial charge in [-0.15, -0.1) is 0 Å². The Morgan fingerprint density at radius 3 is 2.62 bits per heavy atom. The third-order valence-corrected chi connectivity index (χ3v) is 4.57. The van der Waals surface area contributed by atoms with E-state index in [4.69, 9.17) is 11.6 Å². The molecule has 0 amide bonds. The molecule has 0 fully saturated rings. The van der Waals surface area contributed by atoms with E-state index < -0.39 is 11.8 Å². The van der Waals surface area contributed by atoms with Gasteiger partial charge in [-0.2, -0.15) is 0 Å². The standard InChI is InChI=1S/C21H22ClFO3/c1-12(2)20-18(24)7-6-15(21(20)23)11-16-13(3)9-14(10-17(16)22)5-8-19(25)26-4/h5-10,12,24H,11H2,1-4H3/b8-5+. The quantitative estimate of drug-likeness (QED) is 0.561. The van der Waals surface area contributed by atoms with E-state index in [1.54, 1.807) is 18.2 Å². The number of aromatic hydroxyl groups is 1. The molecule has 26 heavy (non-hydrogen) atoms. The molecule has 5 heteroatoms. The van der Waals surface area contributed by atoms with Gasteiger partial charge in [-0.1, -0.05) is 37.6 Å². The number of carbonyl (C=O) groups excluding carboxylic acids is 1. The summed E-state index contributed by atoms with van der Waals surface area (Å²) in [4.78, 5) is 11.2. The number of esters is 1. The van der Waals surface area contributed by atoms with Crippen molar-refractivity contribution in [2.45, 2.75) is 33.1 Å². The number of rotatable bonds is 5. The first-order chi connectivity index (χ1) is 12.2. The van der Waals surface area contributed by atoms with Crippen molar-refractivity contribution in [3.8, 4) is 5.75 Å². The molecular weight excluding hydrogens is 355 g/mol. The first-order valence-electron chi connectivity index (χ1n) is 8.29. The highest BCUT2D eigenvalue weighted by Crippen LogP contribution is 2.33. The Morgan fingerprint density at radius 2 is 2.04 bits per heavy atom. The highest BCUT2D eigenvalue weighted by molar-refractivity contribution is 6.31. The van der Waals surface area contributed by atoms with E-state index in [9.17, 15) is 14.3 Å². The summed E-state index contributed by atoms with van der Waals surface area (Å²) < 4.78 is 19.4.